The number of para-hydroxylation sites is 1. The van der Waals surface area contributed by atoms with E-state index in [0.717, 1.165) is 26.5 Å². The lowest BCUT2D eigenvalue weighted by molar-refractivity contribution is 1.36. The van der Waals surface area contributed by atoms with Gasteiger partial charge in [0, 0.05) is 21.1 Å². The van der Waals surface area contributed by atoms with Crippen molar-refractivity contribution >= 4 is 38.1 Å². The maximum Gasteiger partial charge on any atom is 0.187 e. The molecule has 0 spiro atoms. The van der Waals surface area contributed by atoms with Crippen LogP contribution in [0.3, 0.4) is 0 Å². The minimum absolute atomic E-state index is 0.911. The lowest BCUT2D eigenvalue weighted by Gasteiger charge is -2.05. The first-order valence-corrected chi connectivity index (χ1v) is 7.94. The quantitative estimate of drug-likeness (QED) is 0.666. The Morgan fingerprint density at radius 2 is 1.95 bits per heavy atom. The number of halogens is 1. The molecule has 0 amide bonds. The van der Waals surface area contributed by atoms with Crippen LogP contribution in [0.1, 0.15) is 5.56 Å². The zero-order chi connectivity index (χ0) is 13.9. The van der Waals surface area contributed by atoms with Gasteiger partial charge < -0.3 is 5.32 Å². The third-order valence-corrected chi connectivity index (χ3v) is 4.26. The van der Waals surface area contributed by atoms with Gasteiger partial charge in [0.1, 0.15) is 0 Å². The Labute approximate surface area is 130 Å². The van der Waals surface area contributed by atoms with Gasteiger partial charge in [-0.15, -0.1) is 11.3 Å². The molecule has 0 unspecified atom stereocenters. The summed E-state index contributed by atoms with van der Waals surface area (Å²) >= 11 is 5.11. The van der Waals surface area contributed by atoms with E-state index in [0.29, 0.717) is 0 Å². The molecular weight excluding hydrogens is 332 g/mol. The Balaban J connectivity index is 1.86. The van der Waals surface area contributed by atoms with E-state index in [1.54, 1.807) is 11.3 Å². The fourth-order valence-corrected chi connectivity index (χ4v) is 3.07. The number of aromatic nitrogens is 1. The van der Waals surface area contributed by atoms with Crippen LogP contribution >= 0.6 is 27.3 Å². The summed E-state index contributed by atoms with van der Waals surface area (Å²) in [6.07, 6.45) is 0. The van der Waals surface area contributed by atoms with Crippen molar-refractivity contribution in [3.63, 3.8) is 0 Å². The topological polar surface area (TPSA) is 24.9 Å². The highest BCUT2D eigenvalue weighted by Crippen LogP contribution is 2.29. The third kappa shape index (κ3) is 2.92. The standard InChI is InChI=1S/C16H13BrN2S/c1-11-5-2-3-8-14(11)18-16-19-15(10-20-16)12-6-4-7-13(17)9-12/h2-10H,1H3,(H,18,19). The second kappa shape index (κ2) is 5.77. The van der Waals surface area contributed by atoms with Crippen molar-refractivity contribution in [3.05, 3.63) is 63.9 Å². The predicted octanol–water partition coefficient (Wildman–Crippen LogP) is 5.62. The number of anilines is 2. The van der Waals surface area contributed by atoms with Crippen LogP contribution in [0.15, 0.2) is 58.4 Å². The summed E-state index contributed by atoms with van der Waals surface area (Å²) in [5.41, 5.74) is 4.43. The summed E-state index contributed by atoms with van der Waals surface area (Å²) < 4.78 is 1.07. The van der Waals surface area contributed by atoms with Gasteiger partial charge in [0.25, 0.3) is 0 Å². The van der Waals surface area contributed by atoms with Crippen molar-refractivity contribution in [1.29, 1.82) is 0 Å². The molecule has 0 aliphatic heterocycles. The molecule has 0 saturated heterocycles. The third-order valence-electron chi connectivity index (χ3n) is 3.01. The Bertz CT molecular complexity index is 737. The molecule has 0 aliphatic rings. The molecule has 2 aromatic carbocycles. The first-order chi connectivity index (χ1) is 9.72. The Morgan fingerprint density at radius 3 is 2.75 bits per heavy atom. The summed E-state index contributed by atoms with van der Waals surface area (Å²) in [7, 11) is 0. The molecule has 0 fully saturated rings. The van der Waals surface area contributed by atoms with E-state index < -0.39 is 0 Å². The van der Waals surface area contributed by atoms with Gasteiger partial charge in [0.2, 0.25) is 0 Å². The molecule has 3 rings (SSSR count). The molecule has 4 heteroatoms. The number of hydrogen-bond acceptors (Lipinski definition) is 3. The van der Waals surface area contributed by atoms with Gasteiger partial charge in [0.05, 0.1) is 5.69 Å². The average molecular weight is 345 g/mol. The van der Waals surface area contributed by atoms with Crippen molar-refractivity contribution in [2.45, 2.75) is 6.92 Å². The first-order valence-electron chi connectivity index (χ1n) is 6.26. The smallest absolute Gasteiger partial charge is 0.187 e. The van der Waals surface area contributed by atoms with Gasteiger partial charge in [-0.25, -0.2) is 4.98 Å². The molecule has 2 nitrogen and oxygen atoms in total. The molecule has 0 radical (unpaired) electrons. The van der Waals surface area contributed by atoms with Crippen LogP contribution in [-0.2, 0) is 0 Å². The van der Waals surface area contributed by atoms with E-state index in [4.69, 9.17) is 0 Å². The summed E-state index contributed by atoms with van der Waals surface area (Å²) in [4.78, 5) is 4.64. The Morgan fingerprint density at radius 1 is 1.10 bits per heavy atom. The van der Waals surface area contributed by atoms with Crippen LogP contribution in [-0.4, -0.2) is 4.98 Å². The Hall–Kier alpha value is -1.65. The van der Waals surface area contributed by atoms with Gasteiger partial charge in [-0.1, -0.05) is 46.3 Å². The molecular formula is C16H13BrN2S. The van der Waals surface area contributed by atoms with E-state index in [1.807, 2.05) is 24.3 Å². The van der Waals surface area contributed by atoms with Gasteiger partial charge in [-0.05, 0) is 30.7 Å². The second-order valence-electron chi connectivity index (χ2n) is 4.49. The van der Waals surface area contributed by atoms with Gasteiger partial charge >= 0.3 is 0 Å². The fourth-order valence-electron chi connectivity index (χ4n) is 1.94. The van der Waals surface area contributed by atoms with Gasteiger partial charge in [-0.3, -0.25) is 0 Å². The maximum absolute atomic E-state index is 4.64. The Kier molecular flexibility index (Phi) is 3.85. The van der Waals surface area contributed by atoms with E-state index >= 15 is 0 Å². The number of thiazole rings is 1. The lowest BCUT2D eigenvalue weighted by Crippen LogP contribution is -1.91. The minimum Gasteiger partial charge on any atom is -0.331 e. The van der Waals surface area contributed by atoms with Crippen molar-refractivity contribution in [2.24, 2.45) is 0 Å². The zero-order valence-corrected chi connectivity index (χ0v) is 13.3. The van der Waals surface area contributed by atoms with Crippen molar-refractivity contribution in [2.75, 3.05) is 5.32 Å². The summed E-state index contributed by atoms with van der Waals surface area (Å²) in [5, 5.41) is 6.36. The van der Waals surface area contributed by atoms with E-state index in [2.05, 4.69) is 62.8 Å². The van der Waals surface area contributed by atoms with E-state index in [-0.39, 0.29) is 0 Å². The highest BCUT2D eigenvalue weighted by molar-refractivity contribution is 9.10. The second-order valence-corrected chi connectivity index (χ2v) is 6.26. The first kappa shape index (κ1) is 13.3. The van der Waals surface area contributed by atoms with Crippen LogP contribution in [0.4, 0.5) is 10.8 Å². The van der Waals surface area contributed by atoms with Crippen LogP contribution in [0.5, 0.6) is 0 Å². The fraction of sp³-hybridized carbons (Fsp3) is 0.0625. The molecule has 0 atom stereocenters. The number of benzene rings is 2. The summed E-state index contributed by atoms with van der Waals surface area (Å²) in [5.74, 6) is 0. The molecule has 1 aromatic heterocycles. The largest absolute Gasteiger partial charge is 0.331 e. The number of rotatable bonds is 3. The van der Waals surface area contributed by atoms with Gasteiger partial charge in [0.15, 0.2) is 5.13 Å². The minimum atomic E-state index is 0.911. The SMILES string of the molecule is Cc1ccccc1Nc1nc(-c2cccc(Br)c2)cs1. The van der Waals surface area contributed by atoms with E-state index in [1.165, 1.54) is 5.56 Å². The number of aryl methyl sites for hydroxylation is 1. The molecule has 100 valence electrons. The molecule has 0 saturated carbocycles. The van der Waals surface area contributed by atoms with Crippen molar-refractivity contribution < 1.29 is 0 Å². The average Bonchev–Trinajstić information content (AvgIpc) is 2.90. The van der Waals surface area contributed by atoms with Crippen LogP contribution in [0, 0.1) is 6.92 Å². The summed E-state index contributed by atoms with van der Waals surface area (Å²) in [6.45, 7) is 2.09. The summed E-state index contributed by atoms with van der Waals surface area (Å²) in [6, 6.07) is 16.4. The molecule has 0 bridgehead atoms. The van der Waals surface area contributed by atoms with Crippen LogP contribution < -0.4 is 5.32 Å². The molecule has 1 heterocycles. The maximum atomic E-state index is 4.64. The van der Waals surface area contributed by atoms with Crippen LogP contribution in [0.25, 0.3) is 11.3 Å². The molecule has 3 aromatic rings. The van der Waals surface area contributed by atoms with Crippen molar-refractivity contribution in [1.82, 2.24) is 4.98 Å². The van der Waals surface area contributed by atoms with Crippen molar-refractivity contribution in [3.8, 4) is 11.3 Å². The molecule has 1 N–H and O–H groups in total. The van der Waals surface area contributed by atoms with Crippen LogP contribution in [0.2, 0.25) is 0 Å². The van der Waals surface area contributed by atoms with Gasteiger partial charge in [-0.2, -0.15) is 0 Å². The normalized spacial score (nSPS) is 10.5. The number of nitrogens with one attached hydrogen (secondary N) is 1. The highest BCUT2D eigenvalue weighted by Gasteiger charge is 2.06. The molecule has 0 aliphatic carbocycles. The monoisotopic (exact) mass is 344 g/mol. The van der Waals surface area contributed by atoms with E-state index in [9.17, 15) is 0 Å². The zero-order valence-electron chi connectivity index (χ0n) is 10.9. The number of nitrogens with zero attached hydrogens (tertiary/aromatic N) is 1. The molecule has 20 heavy (non-hydrogen) atoms. The highest BCUT2D eigenvalue weighted by atomic mass is 79.9. The number of hydrogen-bond donors (Lipinski definition) is 1. The lowest BCUT2D eigenvalue weighted by atomic mass is 10.2. The predicted molar refractivity (Wildman–Crippen MR) is 89.7 cm³/mol.